The predicted octanol–water partition coefficient (Wildman–Crippen LogP) is 0.541. The Morgan fingerprint density at radius 1 is 1.50 bits per heavy atom. The second-order valence-electron chi connectivity index (χ2n) is 4.99. The summed E-state index contributed by atoms with van der Waals surface area (Å²) in [5.74, 6) is -0.0722. The molecule has 1 N–H and O–H groups in total. The highest BCUT2D eigenvalue weighted by atomic mass is 16.2. The Kier molecular flexibility index (Phi) is 3.81. The number of rotatable bonds is 3. The van der Waals surface area contributed by atoms with Crippen molar-refractivity contribution in [2.24, 2.45) is 0 Å². The number of carbonyl (C=O) groups excluding carboxylic acids is 1. The molecule has 2 heterocycles. The summed E-state index contributed by atoms with van der Waals surface area (Å²) in [7, 11) is 4.01. The molecule has 18 heavy (non-hydrogen) atoms. The van der Waals surface area contributed by atoms with E-state index in [-0.39, 0.29) is 17.5 Å². The van der Waals surface area contributed by atoms with Gasteiger partial charge in [-0.3, -0.25) is 9.59 Å². The number of carbonyl (C=O) groups is 1. The highest BCUT2D eigenvalue weighted by Gasteiger charge is 2.29. The second-order valence-corrected chi connectivity index (χ2v) is 4.99. The maximum Gasteiger partial charge on any atom is 0.270 e. The maximum atomic E-state index is 12.3. The number of hydrogen-bond acceptors (Lipinski definition) is 3. The van der Waals surface area contributed by atoms with E-state index < -0.39 is 0 Å². The molecule has 1 aromatic heterocycles. The van der Waals surface area contributed by atoms with Crippen LogP contribution in [0.2, 0.25) is 0 Å². The van der Waals surface area contributed by atoms with E-state index in [1.165, 1.54) is 6.07 Å². The fourth-order valence-corrected chi connectivity index (χ4v) is 2.44. The number of likely N-dealkylation sites (tertiary alicyclic amines) is 1. The average molecular weight is 249 g/mol. The Hall–Kier alpha value is -1.62. The highest BCUT2D eigenvalue weighted by molar-refractivity contribution is 5.92. The molecule has 1 amide bonds. The van der Waals surface area contributed by atoms with Gasteiger partial charge >= 0.3 is 0 Å². The number of H-pyrrole nitrogens is 1. The normalized spacial score (nSPS) is 19.5. The molecule has 0 aromatic carbocycles. The number of aromatic amines is 1. The zero-order valence-electron chi connectivity index (χ0n) is 10.8. The predicted molar refractivity (Wildman–Crippen MR) is 69.7 cm³/mol. The van der Waals surface area contributed by atoms with E-state index in [0.717, 1.165) is 25.9 Å². The maximum absolute atomic E-state index is 12.3. The molecule has 98 valence electrons. The smallest absolute Gasteiger partial charge is 0.270 e. The third kappa shape index (κ3) is 2.79. The largest absolute Gasteiger partial charge is 0.333 e. The molecule has 1 aromatic rings. The van der Waals surface area contributed by atoms with E-state index in [4.69, 9.17) is 0 Å². The lowest BCUT2D eigenvalue weighted by Gasteiger charge is -2.27. The van der Waals surface area contributed by atoms with Gasteiger partial charge in [0.15, 0.2) is 0 Å². The average Bonchev–Trinajstić information content (AvgIpc) is 2.75. The van der Waals surface area contributed by atoms with Gasteiger partial charge in [0.2, 0.25) is 5.56 Å². The van der Waals surface area contributed by atoms with Crippen LogP contribution < -0.4 is 5.56 Å². The van der Waals surface area contributed by atoms with Crippen LogP contribution >= 0.6 is 0 Å². The van der Waals surface area contributed by atoms with E-state index >= 15 is 0 Å². The molecular formula is C13H19N3O2. The topological polar surface area (TPSA) is 56.4 Å². The van der Waals surface area contributed by atoms with Gasteiger partial charge in [-0.05, 0) is 33.0 Å². The van der Waals surface area contributed by atoms with Crippen LogP contribution in [-0.4, -0.2) is 53.9 Å². The van der Waals surface area contributed by atoms with Crippen LogP contribution in [0.5, 0.6) is 0 Å². The number of hydrogen-bond donors (Lipinski definition) is 1. The van der Waals surface area contributed by atoms with Crippen molar-refractivity contribution in [2.75, 3.05) is 27.2 Å². The van der Waals surface area contributed by atoms with Gasteiger partial charge in [0.1, 0.15) is 5.69 Å². The third-order valence-corrected chi connectivity index (χ3v) is 3.21. The van der Waals surface area contributed by atoms with Crippen molar-refractivity contribution in [2.45, 2.75) is 18.9 Å². The van der Waals surface area contributed by atoms with E-state index in [1.807, 2.05) is 19.0 Å². The lowest BCUT2D eigenvalue weighted by molar-refractivity contribution is 0.0710. The van der Waals surface area contributed by atoms with Crippen molar-refractivity contribution in [3.05, 3.63) is 34.2 Å². The summed E-state index contributed by atoms with van der Waals surface area (Å²) in [6, 6.07) is 4.94. The molecule has 5 heteroatoms. The lowest BCUT2D eigenvalue weighted by Crippen LogP contribution is -2.41. The van der Waals surface area contributed by atoms with Crippen LogP contribution in [0.1, 0.15) is 23.3 Å². The van der Waals surface area contributed by atoms with Gasteiger partial charge in [0.25, 0.3) is 5.91 Å². The van der Waals surface area contributed by atoms with Crippen LogP contribution in [-0.2, 0) is 0 Å². The summed E-state index contributed by atoms with van der Waals surface area (Å²) in [6.07, 6.45) is 2.06. The Morgan fingerprint density at radius 3 is 2.94 bits per heavy atom. The number of pyridine rings is 1. The second kappa shape index (κ2) is 5.35. The molecule has 1 aliphatic heterocycles. The van der Waals surface area contributed by atoms with Crippen LogP contribution in [0.25, 0.3) is 0 Å². The Balaban J connectivity index is 2.15. The molecule has 1 fully saturated rings. The van der Waals surface area contributed by atoms with Crippen LogP contribution in [0.3, 0.4) is 0 Å². The van der Waals surface area contributed by atoms with E-state index in [9.17, 15) is 9.59 Å². The van der Waals surface area contributed by atoms with Gasteiger partial charge < -0.3 is 14.8 Å². The van der Waals surface area contributed by atoms with Crippen molar-refractivity contribution >= 4 is 5.91 Å². The number of likely N-dealkylation sites (N-methyl/N-ethyl adjacent to an activating group) is 1. The molecule has 0 saturated carbocycles. The van der Waals surface area contributed by atoms with E-state index in [0.29, 0.717) is 5.69 Å². The molecule has 1 saturated heterocycles. The Labute approximate surface area is 106 Å². The number of aromatic nitrogens is 1. The Bertz CT molecular complexity index is 481. The quantitative estimate of drug-likeness (QED) is 0.850. The summed E-state index contributed by atoms with van der Waals surface area (Å²) in [6.45, 7) is 1.64. The van der Waals surface area contributed by atoms with Crippen LogP contribution in [0.4, 0.5) is 0 Å². The number of amides is 1. The fraction of sp³-hybridized carbons (Fsp3) is 0.538. The van der Waals surface area contributed by atoms with Gasteiger partial charge in [-0.15, -0.1) is 0 Å². The molecular weight excluding hydrogens is 230 g/mol. The minimum absolute atomic E-state index is 0.0722. The van der Waals surface area contributed by atoms with Gasteiger partial charge in [-0.25, -0.2) is 0 Å². The molecule has 5 nitrogen and oxygen atoms in total. The van der Waals surface area contributed by atoms with E-state index in [2.05, 4.69) is 9.88 Å². The monoisotopic (exact) mass is 249 g/mol. The summed E-state index contributed by atoms with van der Waals surface area (Å²) < 4.78 is 0. The molecule has 0 spiro atoms. The molecule has 0 bridgehead atoms. The first-order chi connectivity index (χ1) is 8.58. The molecule has 1 aliphatic rings. The first-order valence-corrected chi connectivity index (χ1v) is 6.23. The molecule has 1 atom stereocenters. The minimum Gasteiger partial charge on any atom is -0.333 e. The van der Waals surface area contributed by atoms with Crippen LogP contribution in [0, 0.1) is 0 Å². The summed E-state index contributed by atoms with van der Waals surface area (Å²) in [5.41, 5.74) is 0.150. The van der Waals surface area contributed by atoms with Gasteiger partial charge in [0.05, 0.1) is 0 Å². The van der Waals surface area contributed by atoms with Crippen molar-refractivity contribution in [3.8, 4) is 0 Å². The zero-order valence-corrected chi connectivity index (χ0v) is 10.8. The standard InChI is InChI=1S/C13H19N3O2/c1-15(2)9-10-5-4-8-16(10)13(18)11-6-3-7-12(17)14-11/h3,6-7,10H,4-5,8-9H2,1-2H3,(H,14,17). The molecule has 2 rings (SSSR count). The summed E-state index contributed by atoms with van der Waals surface area (Å²) in [4.78, 5) is 30.1. The molecule has 1 unspecified atom stereocenters. The number of nitrogens with one attached hydrogen (secondary N) is 1. The fourth-order valence-electron chi connectivity index (χ4n) is 2.44. The van der Waals surface area contributed by atoms with E-state index in [1.54, 1.807) is 12.1 Å². The van der Waals surface area contributed by atoms with Crippen molar-refractivity contribution in [3.63, 3.8) is 0 Å². The summed E-state index contributed by atoms with van der Waals surface area (Å²) in [5, 5.41) is 0. The molecule has 0 radical (unpaired) electrons. The van der Waals surface area contributed by atoms with Gasteiger partial charge in [0, 0.05) is 25.2 Å². The first-order valence-electron chi connectivity index (χ1n) is 6.23. The first kappa shape index (κ1) is 12.8. The van der Waals surface area contributed by atoms with Crippen molar-refractivity contribution in [1.29, 1.82) is 0 Å². The van der Waals surface area contributed by atoms with Crippen LogP contribution in [0.15, 0.2) is 23.0 Å². The number of nitrogens with zero attached hydrogens (tertiary/aromatic N) is 2. The van der Waals surface area contributed by atoms with Crippen molar-refractivity contribution < 1.29 is 4.79 Å². The zero-order chi connectivity index (χ0) is 13.1. The van der Waals surface area contributed by atoms with Crippen molar-refractivity contribution in [1.82, 2.24) is 14.8 Å². The van der Waals surface area contributed by atoms with Gasteiger partial charge in [-0.1, -0.05) is 6.07 Å². The lowest BCUT2D eigenvalue weighted by atomic mass is 10.2. The third-order valence-electron chi connectivity index (χ3n) is 3.21. The van der Waals surface area contributed by atoms with Gasteiger partial charge in [-0.2, -0.15) is 0 Å². The summed E-state index contributed by atoms with van der Waals surface area (Å²) >= 11 is 0. The minimum atomic E-state index is -0.232. The SMILES string of the molecule is CN(C)CC1CCCN1C(=O)c1cccc(=O)[nH]1. The Morgan fingerprint density at radius 2 is 2.28 bits per heavy atom. The molecule has 0 aliphatic carbocycles. The highest BCUT2D eigenvalue weighted by Crippen LogP contribution is 2.19.